The van der Waals surface area contributed by atoms with Crippen molar-refractivity contribution >= 4 is 21.7 Å². The summed E-state index contributed by atoms with van der Waals surface area (Å²) in [6.45, 7) is 7.66. The molecule has 1 saturated heterocycles. The first-order valence-electron chi connectivity index (χ1n) is 6.60. The van der Waals surface area contributed by atoms with Crippen molar-refractivity contribution in [3.8, 4) is 0 Å². The van der Waals surface area contributed by atoms with Crippen LogP contribution in [0, 0.1) is 5.92 Å². The fourth-order valence-electron chi connectivity index (χ4n) is 2.37. The summed E-state index contributed by atoms with van der Waals surface area (Å²) in [5, 5.41) is 3.53. The highest BCUT2D eigenvalue weighted by Crippen LogP contribution is 2.26. The molecule has 18 heavy (non-hydrogen) atoms. The molecule has 2 heterocycles. The van der Waals surface area contributed by atoms with E-state index in [4.69, 9.17) is 0 Å². The minimum Gasteiger partial charge on any atom is -0.355 e. The maximum Gasteiger partial charge on any atom is 0.146 e. The Bertz CT molecular complexity index is 383. The van der Waals surface area contributed by atoms with Gasteiger partial charge in [-0.1, -0.05) is 13.8 Å². The third kappa shape index (κ3) is 3.65. The van der Waals surface area contributed by atoms with E-state index in [1.54, 1.807) is 6.33 Å². The zero-order valence-electron chi connectivity index (χ0n) is 11.1. The molecule has 1 aliphatic heterocycles. The average molecular weight is 313 g/mol. The first kappa shape index (κ1) is 13.7. The minimum absolute atomic E-state index is 0.561. The molecular weight excluding hydrogens is 292 g/mol. The Morgan fingerprint density at radius 2 is 2.39 bits per heavy atom. The molecule has 0 saturated carbocycles. The van der Waals surface area contributed by atoms with Gasteiger partial charge < -0.3 is 10.2 Å². The number of rotatable bonds is 4. The second-order valence-electron chi connectivity index (χ2n) is 5.21. The second kappa shape index (κ2) is 6.48. The fourth-order valence-corrected chi connectivity index (χ4v) is 2.84. The van der Waals surface area contributed by atoms with Gasteiger partial charge in [0.05, 0.1) is 4.47 Å². The molecule has 0 bridgehead atoms. The maximum atomic E-state index is 4.38. The van der Waals surface area contributed by atoms with E-state index in [1.807, 2.05) is 6.20 Å². The zero-order chi connectivity index (χ0) is 13.0. The molecule has 100 valence electrons. The van der Waals surface area contributed by atoms with E-state index in [9.17, 15) is 0 Å². The van der Waals surface area contributed by atoms with Crippen LogP contribution in [0.15, 0.2) is 17.0 Å². The van der Waals surface area contributed by atoms with E-state index in [1.165, 1.54) is 12.8 Å². The van der Waals surface area contributed by atoms with Gasteiger partial charge in [-0.15, -0.1) is 0 Å². The van der Waals surface area contributed by atoms with Gasteiger partial charge in [0, 0.05) is 25.3 Å². The van der Waals surface area contributed by atoms with Gasteiger partial charge in [0.1, 0.15) is 12.1 Å². The molecule has 1 N–H and O–H groups in total. The monoisotopic (exact) mass is 312 g/mol. The number of anilines is 1. The fraction of sp³-hybridized carbons (Fsp3) is 0.692. The number of halogens is 1. The Hall–Kier alpha value is -0.680. The van der Waals surface area contributed by atoms with Crippen LogP contribution in [0.1, 0.15) is 26.7 Å². The molecule has 5 heteroatoms. The molecule has 0 radical (unpaired) electrons. The maximum absolute atomic E-state index is 4.38. The Morgan fingerprint density at radius 3 is 3.11 bits per heavy atom. The summed E-state index contributed by atoms with van der Waals surface area (Å²) in [6, 6.07) is 0.561. The summed E-state index contributed by atoms with van der Waals surface area (Å²) in [5.41, 5.74) is 0. The Morgan fingerprint density at radius 1 is 1.56 bits per heavy atom. The first-order chi connectivity index (χ1) is 8.66. The van der Waals surface area contributed by atoms with Gasteiger partial charge in [-0.25, -0.2) is 9.97 Å². The van der Waals surface area contributed by atoms with Gasteiger partial charge in [-0.2, -0.15) is 0 Å². The number of aromatic nitrogens is 2. The topological polar surface area (TPSA) is 41.0 Å². The second-order valence-corrected chi connectivity index (χ2v) is 6.07. The Kier molecular flexibility index (Phi) is 4.95. The SMILES string of the molecule is CC(C)NCC1CCCN(c2ncncc2Br)C1. The number of hydrogen-bond donors (Lipinski definition) is 1. The van der Waals surface area contributed by atoms with Crippen molar-refractivity contribution in [3.05, 3.63) is 17.0 Å². The van der Waals surface area contributed by atoms with Crippen molar-refractivity contribution in [2.75, 3.05) is 24.5 Å². The van der Waals surface area contributed by atoms with Crippen molar-refractivity contribution in [2.45, 2.75) is 32.7 Å². The molecule has 1 aliphatic rings. The predicted octanol–water partition coefficient (Wildman–Crippen LogP) is 2.45. The van der Waals surface area contributed by atoms with E-state index in [0.717, 1.165) is 29.9 Å². The molecule has 0 spiro atoms. The van der Waals surface area contributed by atoms with Gasteiger partial charge in [0.15, 0.2) is 0 Å². The van der Waals surface area contributed by atoms with E-state index in [-0.39, 0.29) is 0 Å². The van der Waals surface area contributed by atoms with Crippen LogP contribution < -0.4 is 10.2 Å². The average Bonchev–Trinajstić information content (AvgIpc) is 2.37. The molecule has 0 amide bonds. The van der Waals surface area contributed by atoms with Crippen LogP contribution >= 0.6 is 15.9 Å². The molecule has 2 rings (SSSR count). The molecule has 1 atom stereocenters. The zero-order valence-corrected chi connectivity index (χ0v) is 12.7. The van der Waals surface area contributed by atoms with Crippen LogP contribution in [0.4, 0.5) is 5.82 Å². The smallest absolute Gasteiger partial charge is 0.146 e. The molecule has 1 fully saturated rings. The largest absolute Gasteiger partial charge is 0.355 e. The van der Waals surface area contributed by atoms with Crippen LogP contribution in [0.3, 0.4) is 0 Å². The highest BCUT2D eigenvalue weighted by atomic mass is 79.9. The normalized spacial score (nSPS) is 20.4. The minimum atomic E-state index is 0.561. The van der Waals surface area contributed by atoms with Crippen molar-refractivity contribution in [1.29, 1.82) is 0 Å². The number of nitrogens with zero attached hydrogens (tertiary/aromatic N) is 3. The van der Waals surface area contributed by atoms with E-state index < -0.39 is 0 Å². The summed E-state index contributed by atoms with van der Waals surface area (Å²) < 4.78 is 0.988. The number of piperidine rings is 1. The first-order valence-corrected chi connectivity index (χ1v) is 7.40. The third-order valence-corrected chi connectivity index (χ3v) is 3.84. The quantitative estimate of drug-likeness (QED) is 0.927. The van der Waals surface area contributed by atoms with Crippen molar-refractivity contribution in [2.24, 2.45) is 5.92 Å². The standard InChI is InChI=1S/C13H21BrN4/c1-10(2)16-6-11-4-3-5-18(8-11)13-12(14)7-15-9-17-13/h7,9-11,16H,3-6,8H2,1-2H3. The summed E-state index contributed by atoms with van der Waals surface area (Å²) >= 11 is 3.53. The number of nitrogens with one attached hydrogen (secondary N) is 1. The highest BCUT2D eigenvalue weighted by molar-refractivity contribution is 9.10. The lowest BCUT2D eigenvalue weighted by atomic mass is 9.98. The van der Waals surface area contributed by atoms with Crippen LogP contribution in [0.25, 0.3) is 0 Å². The van der Waals surface area contributed by atoms with E-state index in [0.29, 0.717) is 12.0 Å². The lowest BCUT2D eigenvalue weighted by Crippen LogP contribution is -2.41. The lowest BCUT2D eigenvalue weighted by Gasteiger charge is -2.34. The van der Waals surface area contributed by atoms with Crippen LogP contribution in [0.5, 0.6) is 0 Å². The summed E-state index contributed by atoms with van der Waals surface area (Å²) in [6.07, 6.45) is 5.98. The molecular formula is C13H21BrN4. The number of hydrogen-bond acceptors (Lipinski definition) is 4. The molecule has 4 nitrogen and oxygen atoms in total. The Labute approximate surface area is 117 Å². The van der Waals surface area contributed by atoms with E-state index >= 15 is 0 Å². The Balaban J connectivity index is 1.96. The van der Waals surface area contributed by atoms with Crippen molar-refractivity contribution in [1.82, 2.24) is 15.3 Å². The van der Waals surface area contributed by atoms with Crippen molar-refractivity contribution in [3.63, 3.8) is 0 Å². The van der Waals surface area contributed by atoms with Crippen molar-refractivity contribution < 1.29 is 0 Å². The van der Waals surface area contributed by atoms with E-state index in [2.05, 4.69) is 50.0 Å². The lowest BCUT2D eigenvalue weighted by molar-refractivity contribution is 0.378. The summed E-state index contributed by atoms with van der Waals surface area (Å²) in [5.74, 6) is 1.74. The van der Waals surface area contributed by atoms with Crippen LogP contribution in [-0.2, 0) is 0 Å². The van der Waals surface area contributed by atoms with Gasteiger partial charge in [0.2, 0.25) is 0 Å². The molecule has 1 unspecified atom stereocenters. The van der Waals surface area contributed by atoms with Gasteiger partial charge in [0.25, 0.3) is 0 Å². The molecule has 1 aromatic rings. The van der Waals surface area contributed by atoms with Crippen LogP contribution in [0.2, 0.25) is 0 Å². The van der Waals surface area contributed by atoms with Crippen LogP contribution in [-0.4, -0.2) is 35.6 Å². The molecule has 0 aliphatic carbocycles. The summed E-state index contributed by atoms with van der Waals surface area (Å²) in [7, 11) is 0. The summed E-state index contributed by atoms with van der Waals surface area (Å²) in [4.78, 5) is 10.8. The predicted molar refractivity (Wildman–Crippen MR) is 77.8 cm³/mol. The highest BCUT2D eigenvalue weighted by Gasteiger charge is 2.22. The van der Waals surface area contributed by atoms with Gasteiger partial charge >= 0.3 is 0 Å². The third-order valence-electron chi connectivity index (χ3n) is 3.28. The molecule has 1 aromatic heterocycles. The molecule has 0 aromatic carbocycles. The van der Waals surface area contributed by atoms with Gasteiger partial charge in [-0.05, 0) is 41.2 Å². The van der Waals surface area contributed by atoms with Gasteiger partial charge in [-0.3, -0.25) is 0 Å².